The van der Waals surface area contributed by atoms with Gasteiger partial charge in [0.1, 0.15) is 36.3 Å². The standard InChI is InChI=1S/C26H40N7O19P3S.ClH/c1-13(8-16(35)36)25(40)56-7-6-28-15(34)4-5-29-23(39)20(38)26(2,3)10-49-55(46,47)52-54(44,45)48-9-14-19(51-53(41,42)43)18(37)24(50-14)33-12-32-17-21(27)30-11-31-22(17)33;/h8,11-12,14,18-20,24,37-38H,4-7,9-10H2,1-3H3,(H,28,34)(H,29,39)(H,35,36)(H,44,45)(H,46,47)(H2,27,30,31)(H2,41,42,43);1H/b13-8+;/t14-,18-,19-,20+,24-;/m1./s1. The first-order valence-electron chi connectivity index (χ1n) is 15.8. The molecule has 0 saturated carbocycles. The molecular formula is C26H41ClN7O19P3S. The Morgan fingerprint density at radius 2 is 1.72 bits per heavy atom. The lowest BCUT2D eigenvalue weighted by Crippen LogP contribution is -2.46. The normalized spacial score (nSPS) is 21.5. The third kappa shape index (κ3) is 15.3. The number of nitrogens with zero attached hydrogens (tertiary/aromatic N) is 4. The number of aromatic nitrogens is 4. The predicted octanol–water partition coefficient (Wildman–Crippen LogP) is -0.883. The third-order valence-corrected chi connectivity index (χ3v) is 11.5. The predicted molar refractivity (Wildman–Crippen MR) is 196 cm³/mol. The highest BCUT2D eigenvalue weighted by Crippen LogP contribution is 2.61. The number of anilines is 1. The molecule has 3 rings (SSSR count). The first-order chi connectivity index (χ1) is 25.8. The number of fused-ring (bicyclic) bond motifs is 1. The van der Waals surface area contributed by atoms with Crippen LogP contribution in [0.15, 0.2) is 24.3 Å². The minimum absolute atomic E-state index is 0. The highest BCUT2D eigenvalue weighted by Gasteiger charge is 2.50. The van der Waals surface area contributed by atoms with Crippen molar-refractivity contribution < 1.29 is 90.4 Å². The molecule has 0 aliphatic carbocycles. The summed E-state index contributed by atoms with van der Waals surface area (Å²) in [5.74, 6) is -2.75. The van der Waals surface area contributed by atoms with Crippen LogP contribution in [0.5, 0.6) is 0 Å². The molecule has 31 heteroatoms. The fourth-order valence-corrected chi connectivity index (χ4v) is 8.14. The quantitative estimate of drug-likeness (QED) is 0.0413. The van der Waals surface area contributed by atoms with Crippen LogP contribution in [0, 0.1) is 5.41 Å². The van der Waals surface area contributed by atoms with E-state index < -0.39 is 95.6 Å². The lowest BCUT2D eigenvalue weighted by atomic mass is 9.87. The third-order valence-electron chi connectivity index (χ3n) is 7.40. The maximum atomic E-state index is 12.7. The molecule has 2 aromatic rings. The number of hydrogen-bond donors (Lipinski definition) is 10. The van der Waals surface area contributed by atoms with Gasteiger partial charge in [0.15, 0.2) is 17.7 Å². The Balaban J connectivity index is 0.0000112. The fourth-order valence-electron chi connectivity index (χ4n) is 4.63. The van der Waals surface area contributed by atoms with Gasteiger partial charge in [-0.1, -0.05) is 25.6 Å². The summed E-state index contributed by atoms with van der Waals surface area (Å²) in [6.45, 7) is 1.48. The number of hydrogen-bond acceptors (Lipinski definition) is 19. The molecule has 1 fully saturated rings. The maximum Gasteiger partial charge on any atom is 0.481 e. The summed E-state index contributed by atoms with van der Waals surface area (Å²) >= 11 is 0.789. The van der Waals surface area contributed by atoms with Gasteiger partial charge in [0.05, 0.1) is 19.5 Å². The number of aliphatic hydroxyl groups is 2. The Hall–Kier alpha value is -2.94. The second-order valence-electron chi connectivity index (χ2n) is 12.4. The van der Waals surface area contributed by atoms with E-state index in [4.69, 9.17) is 24.6 Å². The SMILES string of the molecule is C/C(=C\C(=O)O)C(=O)SCCNC(=O)CCNC(=O)[C@H](O)C(C)(C)COP(=O)(O)OP(=O)(O)OC[C@H]1O[C@@H](n2cnc3c(N)ncnc32)[C@H](O)[C@@H]1OP(=O)(O)O.Cl. The number of carbonyl (C=O) groups excluding carboxylic acids is 3. The average Bonchev–Trinajstić information content (AvgIpc) is 3.64. The van der Waals surface area contributed by atoms with E-state index in [1.807, 2.05) is 0 Å². The molecule has 0 spiro atoms. The Bertz CT molecular complexity index is 1950. The number of nitrogens with two attached hydrogens (primary N) is 1. The zero-order valence-electron chi connectivity index (χ0n) is 29.9. The van der Waals surface area contributed by atoms with Crippen molar-refractivity contribution >= 4 is 87.5 Å². The summed E-state index contributed by atoms with van der Waals surface area (Å²) in [6, 6.07) is 0. The number of phosphoric ester groups is 3. The van der Waals surface area contributed by atoms with Crippen molar-refractivity contribution in [3.8, 4) is 0 Å². The topological polar surface area (TPSA) is 401 Å². The van der Waals surface area contributed by atoms with Crippen LogP contribution in [0.1, 0.15) is 33.4 Å². The average molecular weight is 916 g/mol. The smallest absolute Gasteiger partial charge is 0.478 e. The van der Waals surface area contributed by atoms with Crippen molar-refractivity contribution in [3.05, 3.63) is 24.3 Å². The summed E-state index contributed by atoms with van der Waals surface area (Å²) in [5, 5.41) is 34.3. The Morgan fingerprint density at radius 1 is 1.07 bits per heavy atom. The second kappa shape index (κ2) is 20.8. The van der Waals surface area contributed by atoms with Gasteiger partial charge in [-0.05, 0) is 6.92 Å². The summed E-state index contributed by atoms with van der Waals surface area (Å²) in [4.78, 5) is 97.8. The summed E-state index contributed by atoms with van der Waals surface area (Å²) < 4.78 is 61.9. The van der Waals surface area contributed by atoms with Crippen molar-refractivity contribution in [1.82, 2.24) is 30.2 Å². The summed E-state index contributed by atoms with van der Waals surface area (Å²) in [7, 11) is -16.5. The minimum Gasteiger partial charge on any atom is -0.478 e. The van der Waals surface area contributed by atoms with Crippen molar-refractivity contribution in [2.75, 3.05) is 37.8 Å². The molecule has 7 atom stereocenters. The number of nitrogens with one attached hydrogen (secondary N) is 2. The van der Waals surface area contributed by atoms with Crippen LogP contribution in [-0.2, 0) is 55.5 Å². The second-order valence-corrected chi connectivity index (χ2v) is 17.7. The van der Waals surface area contributed by atoms with Crippen LogP contribution in [0.25, 0.3) is 11.2 Å². The van der Waals surface area contributed by atoms with E-state index in [-0.39, 0.29) is 60.2 Å². The van der Waals surface area contributed by atoms with Gasteiger partial charge in [0, 0.05) is 42.3 Å². The number of nitrogen functional groups attached to an aromatic ring is 1. The highest BCUT2D eigenvalue weighted by atomic mass is 35.5. The van der Waals surface area contributed by atoms with Gasteiger partial charge < -0.3 is 56.0 Å². The minimum atomic E-state index is -5.59. The van der Waals surface area contributed by atoms with Gasteiger partial charge in [0.25, 0.3) is 0 Å². The van der Waals surface area contributed by atoms with Crippen molar-refractivity contribution in [3.63, 3.8) is 0 Å². The van der Waals surface area contributed by atoms with Crippen LogP contribution in [-0.4, -0.2) is 134 Å². The largest absolute Gasteiger partial charge is 0.481 e. The van der Waals surface area contributed by atoms with Crippen molar-refractivity contribution in [2.45, 2.75) is 57.8 Å². The van der Waals surface area contributed by atoms with E-state index in [9.17, 15) is 62.7 Å². The number of halogens is 1. The molecular weight excluding hydrogens is 875 g/mol. The molecule has 1 aliphatic rings. The first kappa shape index (κ1) is 50.2. The monoisotopic (exact) mass is 915 g/mol. The highest BCUT2D eigenvalue weighted by molar-refractivity contribution is 8.14. The van der Waals surface area contributed by atoms with Crippen LogP contribution >= 0.6 is 47.6 Å². The lowest BCUT2D eigenvalue weighted by Gasteiger charge is -2.30. The van der Waals surface area contributed by atoms with E-state index >= 15 is 0 Å². The number of thioether (sulfide) groups is 1. The number of carboxylic acids is 1. The van der Waals surface area contributed by atoms with Gasteiger partial charge in [-0.25, -0.2) is 33.4 Å². The lowest BCUT2D eigenvalue weighted by molar-refractivity contribution is -0.137. The molecule has 0 bridgehead atoms. The number of ether oxygens (including phenoxy) is 1. The molecule has 11 N–H and O–H groups in total. The van der Waals surface area contributed by atoms with Crippen molar-refractivity contribution in [1.29, 1.82) is 0 Å². The number of carboxylic acid groups (broad SMARTS) is 1. The van der Waals surface area contributed by atoms with Crippen LogP contribution in [0.2, 0.25) is 0 Å². The molecule has 1 aliphatic heterocycles. The van der Waals surface area contributed by atoms with E-state index in [1.165, 1.54) is 20.8 Å². The van der Waals surface area contributed by atoms with E-state index in [0.717, 1.165) is 35.1 Å². The summed E-state index contributed by atoms with van der Waals surface area (Å²) in [6.07, 6.45) is -6.37. The van der Waals surface area contributed by atoms with Gasteiger partial charge in [-0.3, -0.25) is 32.5 Å². The van der Waals surface area contributed by atoms with Crippen LogP contribution in [0.4, 0.5) is 5.82 Å². The van der Waals surface area contributed by atoms with Crippen LogP contribution < -0.4 is 16.4 Å². The molecule has 0 aromatic carbocycles. The first-order valence-corrected chi connectivity index (χ1v) is 21.3. The van der Waals surface area contributed by atoms with Crippen LogP contribution in [0.3, 0.4) is 0 Å². The van der Waals surface area contributed by atoms with E-state index in [1.54, 1.807) is 0 Å². The molecule has 2 aromatic heterocycles. The number of aliphatic hydroxyl groups excluding tert-OH is 2. The molecule has 1 saturated heterocycles. The zero-order chi connectivity index (χ0) is 42.2. The van der Waals surface area contributed by atoms with Gasteiger partial charge in [0.2, 0.25) is 16.9 Å². The Labute approximate surface area is 332 Å². The number of phosphoric acid groups is 3. The number of rotatable bonds is 21. The number of aliphatic carboxylic acids is 1. The number of carbonyl (C=O) groups is 4. The molecule has 2 amide bonds. The molecule has 0 radical (unpaired) electrons. The molecule has 57 heavy (non-hydrogen) atoms. The maximum absolute atomic E-state index is 12.7. The van der Waals surface area contributed by atoms with Crippen molar-refractivity contribution in [2.24, 2.45) is 5.41 Å². The van der Waals surface area contributed by atoms with Gasteiger partial charge in [-0.15, -0.1) is 12.4 Å². The molecule has 322 valence electrons. The fraction of sp³-hybridized carbons (Fsp3) is 0.577. The number of imidazole rings is 1. The number of amides is 2. The molecule has 26 nitrogen and oxygen atoms in total. The molecule has 2 unspecified atom stereocenters. The zero-order valence-corrected chi connectivity index (χ0v) is 34.2. The van der Waals surface area contributed by atoms with Gasteiger partial charge in [-0.2, -0.15) is 4.31 Å². The van der Waals surface area contributed by atoms with Gasteiger partial charge >= 0.3 is 29.4 Å². The molecule has 3 heterocycles. The van der Waals surface area contributed by atoms with E-state index in [2.05, 4.69) is 34.4 Å². The Kier molecular flexibility index (Phi) is 18.4. The summed E-state index contributed by atoms with van der Waals surface area (Å²) in [5.41, 5.74) is 4.20. The Morgan fingerprint density at radius 3 is 2.35 bits per heavy atom. The van der Waals surface area contributed by atoms with E-state index in [0.29, 0.717) is 0 Å².